The maximum Gasteiger partial charge on any atom is 0.336 e. The quantitative estimate of drug-likeness (QED) is 0.545. The summed E-state index contributed by atoms with van der Waals surface area (Å²) in [5, 5.41) is 0.785. The third-order valence-corrected chi connectivity index (χ3v) is 3.31. The van der Waals surface area contributed by atoms with E-state index in [1.807, 2.05) is 6.07 Å². The summed E-state index contributed by atoms with van der Waals surface area (Å²) in [6.07, 6.45) is 0.782. The molecule has 0 aliphatic carbocycles. The van der Waals surface area contributed by atoms with Crippen molar-refractivity contribution in [2.24, 2.45) is 0 Å². The van der Waals surface area contributed by atoms with Crippen molar-refractivity contribution >= 4 is 17.3 Å². The van der Waals surface area contributed by atoms with Gasteiger partial charge in [-0.2, -0.15) is 0 Å². The van der Waals surface area contributed by atoms with Crippen LogP contribution >= 0.6 is 0 Å². The van der Waals surface area contributed by atoms with Crippen LogP contribution in [-0.4, -0.2) is 13.4 Å². The van der Waals surface area contributed by atoms with E-state index < -0.39 is 5.63 Å². The molecule has 21 heavy (non-hydrogen) atoms. The second kappa shape index (κ2) is 5.25. The summed E-state index contributed by atoms with van der Waals surface area (Å²) in [6, 6.07) is 13.7. The molecule has 4 heteroatoms. The Morgan fingerprint density at radius 3 is 2.48 bits per heavy atom. The van der Waals surface area contributed by atoms with E-state index >= 15 is 0 Å². The highest BCUT2D eigenvalue weighted by Crippen LogP contribution is 2.30. The van der Waals surface area contributed by atoms with Crippen LogP contribution in [0.15, 0.2) is 57.7 Å². The van der Waals surface area contributed by atoms with Crippen molar-refractivity contribution in [3.63, 3.8) is 0 Å². The van der Waals surface area contributed by atoms with Gasteiger partial charge < -0.3 is 9.15 Å². The van der Waals surface area contributed by atoms with Gasteiger partial charge in [0, 0.05) is 17.0 Å². The monoisotopic (exact) mass is 280 g/mol. The minimum Gasteiger partial charge on any atom is -0.497 e. The number of aldehydes is 1. The van der Waals surface area contributed by atoms with E-state index in [-0.39, 0.29) is 0 Å². The van der Waals surface area contributed by atoms with Crippen LogP contribution in [0.25, 0.3) is 22.1 Å². The lowest BCUT2D eigenvalue weighted by molar-refractivity contribution is 0.112. The van der Waals surface area contributed by atoms with Gasteiger partial charge >= 0.3 is 5.63 Å². The van der Waals surface area contributed by atoms with Gasteiger partial charge in [-0.3, -0.25) is 4.79 Å². The number of hydrogen-bond donors (Lipinski definition) is 0. The van der Waals surface area contributed by atoms with E-state index in [9.17, 15) is 9.59 Å². The predicted molar refractivity (Wildman–Crippen MR) is 79.9 cm³/mol. The first kappa shape index (κ1) is 13.1. The molecule has 0 aliphatic heterocycles. The van der Waals surface area contributed by atoms with Gasteiger partial charge in [-0.25, -0.2) is 4.79 Å². The molecule has 0 saturated carbocycles. The Balaban J connectivity index is 2.28. The second-order valence-electron chi connectivity index (χ2n) is 4.58. The lowest BCUT2D eigenvalue weighted by Gasteiger charge is -2.07. The predicted octanol–water partition coefficient (Wildman–Crippen LogP) is 3.28. The number of carbonyl (C=O) groups is 1. The van der Waals surface area contributed by atoms with E-state index in [0.29, 0.717) is 16.9 Å². The van der Waals surface area contributed by atoms with Crippen LogP contribution in [0.4, 0.5) is 0 Å². The van der Waals surface area contributed by atoms with Crippen molar-refractivity contribution in [1.29, 1.82) is 0 Å². The van der Waals surface area contributed by atoms with E-state index in [1.54, 1.807) is 43.5 Å². The van der Waals surface area contributed by atoms with Crippen LogP contribution in [0.3, 0.4) is 0 Å². The maximum atomic E-state index is 11.7. The molecule has 0 unspecified atom stereocenters. The summed E-state index contributed by atoms with van der Waals surface area (Å²) in [5.74, 6) is 0.683. The van der Waals surface area contributed by atoms with Gasteiger partial charge in [0.05, 0.1) is 7.11 Å². The number of hydrogen-bond acceptors (Lipinski definition) is 4. The molecule has 3 rings (SSSR count). The van der Waals surface area contributed by atoms with E-state index in [2.05, 4.69) is 0 Å². The van der Waals surface area contributed by atoms with Gasteiger partial charge in [0.25, 0.3) is 0 Å². The fourth-order valence-corrected chi connectivity index (χ4v) is 2.25. The number of fused-ring (bicyclic) bond motifs is 1. The normalized spacial score (nSPS) is 10.5. The molecular weight excluding hydrogens is 268 g/mol. The number of benzene rings is 2. The van der Waals surface area contributed by atoms with Crippen molar-refractivity contribution in [2.45, 2.75) is 0 Å². The summed E-state index contributed by atoms with van der Waals surface area (Å²) in [7, 11) is 1.58. The van der Waals surface area contributed by atoms with E-state index in [4.69, 9.17) is 9.15 Å². The molecule has 2 aromatic carbocycles. The fourth-order valence-electron chi connectivity index (χ4n) is 2.25. The first-order valence-electron chi connectivity index (χ1n) is 6.39. The minimum atomic E-state index is -0.415. The van der Waals surface area contributed by atoms with Gasteiger partial charge in [0.15, 0.2) is 0 Å². The molecule has 0 atom stereocenters. The van der Waals surface area contributed by atoms with Gasteiger partial charge in [-0.15, -0.1) is 0 Å². The zero-order chi connectivity index (χ0) is 14.8. The first-order chi connectivity index (χ1) is 10.2. The van der Waals surface area contributed by atoms with Gasteiger partial charge in [0.1, 0.15) is 17.6 Å². The Hall–Kier alpha value is -2.88. The Morgan fingerprint density at radius 1 is 1.05 bits per heavy atom. The number of methoxy groups -OCH3 is 1. The fraction of sp³-hybridized carbons (Fsp3) is 0.0588. The van der Waals surface area contributed by atoms with Gasteiger partial charge in [-0.1, -0.05) is 24.3 Å². The van der Waals surface area contributed by atoms with Crippen LogP contribution in [-0.2, 0) is 0 Å². The maximum absolute atomic E-state index is 11.7. The largest absolute Gasteiger partial charge is 0.497 e. The zero-order valence-electron chi connectivity index (χ0n) is 11.3. The summed E-state index contributed by atoms with van der Waals surface area (Å²) >= 11 is 0. The van der Waals surface area contributed by atoms with Crippen molar-refractivity contribution < 1.29 is 13.9 Å². The molecular formula is C17H12O4. The van der Waals surface area contributed by atoms with Gasteiger partial charge in [-0.05, 0) is 29.3 Å². The molecule has 0 spiro atoms. The average molecular weight is 280 g/mol. The molecule has 3 aromatic rings. The molecule has 0 bridgehead atoms. The lowest BCUT2D eigenvalue weighted by Crippen LogP contribution is -1.98. The Bertz CT molecular complexity index is 860. The number of ether oxygens (including phenoxy) is 1. The minimum absolute atomic E-state index is 0.415. The second-order valence-corrected chi connectivity index (χ2v) is 4.58. The van der Waals surface area contributed by atoms with Crippen LogP contribution < -0.4 is 10.4 Å². The topological polar surface area (TPSA) is 56.5 Å². The van der Waals surface area contributed by atoms with Gasteiger partial charge in [0.2, 0.25) is 0 Å². The molecule has 0 amide bonds. The molecule has 4 nitrogen and oxygen atoms in total. The van der Waals surface area contributed by atoms with E-state index in [1.165, 1.54) is 6.07 Å². The summed E-state index contributed by atoms with van der Waals surface area (Å²) < 4.78 is 10.4. The molecule has 0 N–H and O–H groups in total. The molecule has 0 aliphatic rings. The smallest absolute Gasteiger partial charge is 0.336 e. The Labute approximate surface area is 120 Å². The van der Waals surface area contributed by atoms with Crippen molar-refractivity contribution in [3.05, 3.63) is 64.5 Å². The molecule has 0 radical (unpaired) electrons. The number of rotatable bonds is 3. The SMILES string of the molecule is COc1ccc2oc(=O)cc(-c3ccc(C=O)cc3)c2c1. The zero-order valence-corrected chi connectivity index (χ0v) is 11.3. The van der Waals surface area contributed by atoms with Crippen LogP contribution in [0.5, 0.6) is 5.75 Å². The molecule has 0 saturated heterocycles. The van der Waals surface area contributed by atoms with Crippen LogP contribution in [0.1, 0.15) is 10.4 Å². The summed E-state index contributed by atoms with van der Waals surface area (Å²) in [6.45, 7) is 0. The lowest BCUT2D eigenvalue weighted by atomic mass is 10.0. The van der Waals surface area contributed by atoms with Crippen molar-refractivity contribution in [2.75, 3.05) is 7.11 Å². The molecule has 1 aromatic heterocycles. The summed E-state index contributed by atoms with van der Waals surface area (Å²) in [4.78, 5) is 22.4. The Morgan fingerprint density at radius 2 is 1.81 bits per heavy atom. The van der Waals surface area contributed by atoms with Crippen LogP contribution in [0, 0.1) is 0 Å². The molecule has 0 fully saturated rings. The highest BCUT2D eigenvalue weighted by molar-refractivity contribution is 5.94. The molecule has 1 heterocycles. The first-order valence-corrected chi connectivity index (χ1v) is 6.39. The Kier molecular flexibility index (Phi) is 3.28. The third kappa shape index (κ3) is 2.43. The number of carbonyl (C=O) groups excluding carboxylic acids is 1. The van der Waals surface area contributed by atoms with E-state index in [0.717, 1.165) is 22.8 Å². The summed E-state index contributed by atoms with van der Waals surface area (Å²) in [5.41, 5.74) is 2.26. The third-order valence-electron chi connectivity index (χ3n) is 3.31. The molecule has 104 valence electrons. The highest BCUT2D eigenvalue weighted by Gasteiger charge is 2.09. The standard InChI is InChI=1S/C17H12O4/c1-20-13-6-7-16-15(8-13)14(9-17(19)21-16)12-4-2-11(10-18)3-5-12/h2-10H,1H3. The van der Waals surface area contributed by atoms with Crippen molar-refractivity contribution in [1.82, 2.24) is 0 Å². The van der Waals surface area contributed by atoms with Crippen LogP contribution in [0.2, 0.25) is 0 Å². The van der Waals surface area contributed by atoms with Crippen molar-refractivity contribution in [3.8, 4) is 16.9 Å². The average Bonchev–Trinajstić information content (AvgIpc) is 2.53. The highest BCUT2D eigenvalue weighted by atomic mass is 16.5.